The summed E-state index contributed by atoms with van der Waals surface area (Å²) in [6.07, 6.45) is 0.996. The van der Waals surface area contributed by atoms with Crippen LogP contribution in [0.4, 0.5) is 0 Å². The highest BCUT2D eigenvalue weighted by Crippen LogP contribution is 2.16. The third-order valence-corrected chi connectivity index (χ3v) is 2.08. The quantitative estimate of drug-likeness (QED) is 0.575. The molecule has 0 heterocycles. The van der Waals surface area contributed by atoms with Gasteiger partial charge >= 0.3 is 0 Å². The van der Waals surface area contributed by atoms with E-state index in [1.54, 1.807) is 0 Å². The SMILES string of the molecule is Cc1cc(C)cc(OCCCS)c1. The van der Waals surface area contributed by atoms with Crippen molar-refractivity contribution in [1.29, 1.82) is 0 Å². The molecular weight excluding hydrogens is 180 g/mol. The van der Waals surface area contributed by atoms with Gasteiger partial charge in [-0.15, -0.1) is 0 Å². The number of hydrogen-bond acceptors (Lipinski definition) is 2. The third kappa shape index (κ3) is 3.73. The van der Waals surface area contributed by atoms with E-state index in [2.05, 4.69) is 44.7 Å². The minimum Gasteiger partial charge on any atom is -0.494 e. The number of rotatable bonds is 4. The lowest BCUT2D eigenvalue weighted by atomic mass is 10.1. The van der Waals surface area contributed by atoms with Crippen molar-refractivity contribution in [3.8, 4) is 5.75 Å². The maximum atomic E-state index is 5.56. The number of ether oxygens (including phenoxy) is 1. The van der Waals surface area contributed by atoms with Crippen LogP contribution >= 0.6 is 12.6 Å². The topological polar surface area (TPSA) is 9.23 Å². The van der Waals surface area contributed by atoms with E-state index in [0.29, 0.717) is 0 Å². The van der Waals surface area contributed by atoms with Gasteiger partial charge in [-0.05, 0) is 49.3 Å². The van der Waals surface area contributed by atoms with Crippen molar-refractivity contribution in [1.82, 2.24) is 0 Å². The number of aryl methyl sites for hydroxylation is 2. The van der Waals surface area contributed by atoms with Crippen molar-refractivity contribution < 1.29 is 4.74 Å². The summed E-state index contributed by atoms with van der Waals surface area (Å²) in [5.74, 6) is 1.85. The monoisotopic (exact) mass is 196 g/mol. The van der Waals surface area contributed by atoms with Crippen LogP contribution in [0.1, 0.15) is 17.5 Å². The van der Waals surface area contributed by atoms with Gasteiger partial charge in [-0.1, -0.05) is 6.07 Å². The second-order valence-corrected chi connectivity index (χ2v) is 3.70. The van der Waals surface area contributed by atoms with E-state index in [1.165, 1.54) is 11.1 Å². The lowest BCUT2D eigenvalue weighted by Crippen LogP contribution is -1.98. The highest BCUT2D eigenvalue weighted by atomic mass is 32.1. The Balaban J connectivity index is 2.56. The molecular formula is C11H16OS. The summed E-state index contributed by atoms with van der Waals surface area (Å²) in [7, 11) is 0. The summed E-state index contributed by atoms with van der Waals surface area (Å²) >= 11 is 4.13. The molecule has 0 atom stereocenters. The Morgan fingerprint density at radius 1 is 1.15 bits per heavy atom. The minimum atomic E-state index is 0.756. The molecule has 0 unspecified atom stereocenters. The fraction of sp³-hybridized carbons (Fsp3) is 0.455. The van der Waals surface area contributed by atoms with E-state index in [-0.39, 0.29) is 0 Å². The van der Waals surface area contributed by atoms with E-state index in [1.807, 2.05) is 0 Å². The first-order valence-electron chi connectivity index (χ1n) is 4.54. The molecule has 1 nitrogen and oxygen atoms in total. The van der Waals surface area contributed by atoms with Crippen LogP contribution in [0.3, 0.4) is 0 Å². The summed E-state index contributed by atoms with van der Waals surface area (Å²) in [4.78, 5) is 0. The predicted octanol–water partition coefficient (Wildman–Crippen LogP) is 3.00. The number of hydrogen-bond donors (Lipinski definition) is 1. The molecule has 0 radical (unpaired) electrons. The molecule has 0 saturated heterocycles. The Labute approximate surface area is 85.5 Å². The standard InChI is InChI=1S/C11H16OS/c1-9-6-10(2)8-11(7-9)12-4-3-5-13/h6-8,13H,3-5H2,1-2H3. The van der Waals surface area contributed by atoms with Crippen LogP contribution in [-0.4, -0.2) is 12.4 Å². The van der Waals surface area contributed by atoms with Gasteiger partial charge in [0, 0.05) is 0 Å². The molecule has 1 aromatic carbocycles. The first kappa shape index (κ1) is 10.5. The maximum Gasteiger partial charge on any atom is 0.119 e. The van der Waals surface area contributed by atoms with Gasteiger partial charge < -0.3 is 4.74 Å². The molecule has 1 aromatic rings. The van der Waals surface area contributed by atoms with Crippen molar-refractivity contribution >= 4 is 12.6 Å². The molecule has 13 heavy (non-hydrogen) atoms. The largest absolute Gasteiger partial charge is 0.494 e. The van der Waals surface area contributed by atoms with E-state index < -0.39 is 0 Å². The van der Waals surface area contributed by atoms with Crippen LogP contribution in [0.2, 0.25) is 0 Å². The van der Waals surface area contributed by atoms with Crippen molar-refractivity contribution in [2.75, 3.05) is 12.4 Å². The van der Waals surface area contributed by atoms with Crippen LogP contribution in [0.5, 0.6) is 5.75 Å². The molecule has 2 heteroatoms. The number of thiol groups is 1. The second-order valence-electron chi connectivity index (χ2n) is 3.25. The molecule has 0 N–H and O–H groups in total. The highest BCUT2D eigenvalue weighted by molar-refractivity contribution is 7.80. The van der Waals surface area contributed by atoms with Gasteiger partial charge in [-0.2, -0.15) is 12.6 Å². The normalized spacial score (nSPS) is 10.1. The zero-order chi connectivity index (χ0) is 9.68. The smallest absolute Gasteiger partial charge is 0.119 e. The van der Waals surface area contributed by atoms with Gasteiger partial charge in [-0.3, -0.25) is 0 Å². The van der Waals surface area contributed by atoms with Gasteiger partial charge in [-0.25, -0.2) is 0 Å². The average molecular weight is 196 g/mol. The van der Waals surface area contributed by atoms with E-state index in [0.717, 1.165) is 24.5 Å². The lowest BCUT2D eigenvalue weighted by molar-refractivity contribution is 0.318. The summed E-state index contributed by atoms with van der Waals surface area (Å²) in [6.45, 7) is 4.92. The fourth-order valence-electron chi connectivity index (χ4n) is 1.27. The molecule has 0 spiro atoms. The molecule has 0 aliphatic carbocycles. The zero-order valence-electron chi connectivity index (χ0n) is 8.21. The van der Waals surface area contributed by atoms with Crippen molar-refractivity contribution in [2.24, 2.45) is 0 Å². The van der Waals surface area contributed by atoms with E-state index >= 15 is 0 Å². The molecule has 0 amide bonds. The highest BCUT2D eigenvalue weighted by Gasteiger charge is 1.95. The molecule has 0 aliphatic heterocycles. The molecule has 0 aromatic heterocycles. The first-order chi connectivity index (χ1) is 6.22. The van der Waals surface area contributed by atoms with Crippen molar-refractivity contribution in [2.45, 2.75) is 20.3 Å². The second kappa shape index (κ2) is 5.18. The first-order valence-corrected chi connectivity index (χ1v) is 5.17. The molecule has 0 bridgehead atoms. The van der Waals surface area contributed by atoms with Crippen LogP contribution in [0.25, 0.3) is 0 Å². The Kier molecular flexibility index (Phi) is 4.16. The van der Waals surface area contributed by atoms with Crippen LogP contribution < -0.4 is 4.74 Å². The Bertz CT molecular complexity index is 251. The Morgan fingerprint density at radius 2 is 1.77 bits per heavy atom. The molecule has 1 rings (SSSR count). The van der Waals surface area contributed by atoms with Crippen molar-refractivity contribution in [3.05, 3.63) is 29.3 Å². The van der Waals surface area contributed by atoms with Crippen LogP contribution in [0, 0.1) is 13.8 Å². The van der Waals surface area contributed by atoms with Crippen molar-refractivity contribution in [3.63, 3.8) is 0 Å². The summed E-state index contributed by atoms with van der Waals surface area (Å²) in [5, 5.41) is 0. The van der Waals surface area contributed by atoms with Gasteiger partial charge in [0.2, 0.25) is 0 Å². The van der Waals surface area contributed by atoms with Gasteiger partial charge in [0.15, 0.2) is 0 Å². The van der Waals surface area contributed by atoms with Gasteiger partial charge in [0.05, 0.1) is 6.61 Å². The minimum absolute atomic E-state index is 0.756. The lowest BCUT2D eigenvalue weighted by Gasteiger charge is -2.06. The number of benzene rings is 1. The van der Waals surface area contributed by atoms with Gasteiger partial charge in [0.25, 0.3) is 0 Å². The average Bonchev–Trinajstić information content (AvgIpc) is 2.03. The zero-order valence-corrected chi connectivity index (χ0v) is 9.10. The predicted molar refractivity (Wildman–Crippen MR) is 59.9 cm³/mol. The molecule has 0 fully saturated rings. The van der Waals surface area contributed by atoms with Crippen LogP contribution in [-0.2, 0) is 0 Å². The van der Waals surface area contributed by atoms with Crippen LogP contribution in [0.15, 0.2) is 18.2 Å². The molecule has 0 aliphatic rings. The summed E-state index contributed by atoms with van der Waals surface area (Å²) < 4.78 is 5.56. The summed E-state index contributed by atoms with van der Waals surface area (Å²) in [5.41, 5.74) is 2.50. The van der Waals surface area contributed by atoms with Gasteiger partial charge in [0.1, 0.15) is 5.75 Å². The van der Waals surface area contributed by atoms with E-state index in [4.69, 9.17) is 4.74 Å². The Hall–Kier alpha value is -0.630. The molecule has 72 valence electrons. The fourth-order valence-corrected chi connectivity index (χ4v) is 1.40. The van der Waals surface area contributed by atoms with E-state index in [9.17, 15) is 0 Å². The third-order valence-electron chi connectivity index (χ3n) is 1.77. The Morgan fingerprint density at radius 3 is 2.31 bits per heavy atom. The summed E-state index contributed by atoms with van der Waals surface area (Å²) in [6, 6.07) is 6.27. The molecule has 0 saturated carbocycles. The maximum absolute atomic E-state index is 5.56.